The highest BCUT2D eigenvalue weighted by Gasteiger charge is 2.26. The number of piperidine rings is 1. The molecule has 0 atom stereocenters. The van der Waals surface area contributed by atoms with Crippen molar-refractivity contribution in [2.24, 2.45) is 5.92 Å². The number of carbonyl (C=O) groups excluding carboxylic acids is 2. The quantitative estimate of drug-likeness (QED) is 0.659. The second-order valence-electron chi connectivity index (χ2n) is 4.40. The van der Waals surface area contributed by atoms with Crippen LogP contribution in [0, 0.1) is 5.92 Å². The summed E-state index contributed by atoms with van der Waals surface area (Å²) in [7, 11) is 1.64. The predicted octanol–water partition coefficient (Wildman–Crippen LogP) is 0.905. The van der Waals surface area contributed by atoms with Crippen molar-refractivity contribution in [2.45, 2.75) is 12.8 Å². The van der Waals surface area contributed by atoms with Crippen LogP contribution in [0.25, 0.3) is 0 Å². The summed E-state index contributed by atoms with van der Waals surface area (Å²) in [4.78, 5) is 32.5. The number of halogens is 1. The Morgan fingerprint density at radius 3 is 2.74 bits per heavy atom. The third-order valence-electron chi connectivity index (χ3n) is 3.34. The van der Waals surface area contributed by atoms with E-state index in [1.807, 2.05) is 4.90 Å². The molecule has 7 heteroatoms. The van der Waals surface area contributed by atoms with E-state index in [-0.39, 0.29) is 17.0 Å². The zero-order valence-electron chi connectivity index (χ0n) is 10.6. The molecule has 6 nitrogen and oxygen atoms in total. The second kappa shape index (κ2) is 5.97. The first-order valence-electron chi connectivity index (χ1n) is 6.09. The molecule has 1 aliphatic heterocycles. The second-order valence-corrected chi connectivity index (χ2v) is 4.75. The van der Waals surface area contributed by atoms with Gasteiger partial charge in [-0.05, 0) is 12.8 Å². The van der Waals surface area contributed by atoms with Crippen LogP contribution in [0.4, 0.5) is 5.82 Å². The number of aromatic nitrogens is 2. The summed E-state index contributed by atoms with van der Waals surface area (Å²) in [6.45, 7) is 1.35. The first-order chi connectivity index (χ1) is 9.17. The highest BCUT2D eigenvalue weighted by molar-refractivity contribution is 6.32. The molecule has 0 spiro atoms. The minimum Gasteiger partial charge on any atom is -0.359 e. The van der Waals surface area contributed by atoms with Crippen LogP contribution in [0.15, 0.2) is 6.33 Å². The molecule has 0 radical (unpaired) electrons. The maximum atomic E-state index is 11.6. The van der Waals surface area contributed by atoms with E-state index in [2.05, 4.69) is 15.3 Å². The van der Waals surface area contributed by atoms with Crippen molar-refractivity contribution in [1.82, 2.24) is 15.3 Å². The number of hydrogen-bond donors (Lipinski definition) is 1. The van der Waals surface area contributed by atoms with Crippen LogP contribution in [0.5, 0.6) is 0 Å². The van der Waals surface area contributed by atoms with E-state index in [1.54, 1.807) is 7.05 Å². The number of aldehydes is 1. The summed E-state index contributed by atoms with van der Waals surface area (Å²) in [6, 6.07) is 0. The molecule has 1 N–H and O–H groups in total. The Balaban J connectivity index is 2.12. The summed E-state index contributed by atoms with van der Waals surface area (Å²) in [5, 5.41) is 2.82. The van der Waals surface area contributed by atoms with Crippen LogP contribution < -0.4 is 10.2 Å². The molecular formula is C12H15ClN4O2. The molecule has 2 rings (SSSR count). The van der Waals surface area contributed by atoms with E-state index in [9.17, 15) is 9.59 Å². The van der Waals surface area contributed by atoms with E-state index in [0.29, 0.717) is 30.8 Å². The van der Waals surface area contributed by atoms with Gasteiger partial charge in [0.15, 0.2) is 6.29 Å². The summed E-state index contributed by atoms with van der Waals surface area (Å²) in [5.41, 5.74) is 0.308. The smallest absolute Gasteiger partial charge is 0.222 e. The lowest BCUT2D eigenvalue weighted by atomic mass is 9.96. The highest BCUT2D eigenvalue weighted by atomic mass is 35.5. The average molecular weight is 283 g/mol. The molecule has 102 valence electrons. The molecule has 19 heavy (non-hydrogen) atoms. The fraction of sp³-hybridized carbons (Fsp3) is 0.500. The predicted molar refractivity (Wildman–Crippen MR) is 71.4 cm³/mol. The molecular weight excluding hydrogens is 268 g/mol. The number of hydrogen-bond acceptors (Lipinski definition) is 5. The van der Waals surface area contributed by atoms with Crippen molar-refractivity contribution < 1.29 is 9.59 Å². The van der Waals surface area contributed by atoms with Gasteiger partial charge in [0.05, 0.1) is 5.56 Å². The molecule has 0 saturated carbocycles. The molecule has 2 heterocycles. The topological polar surface area (TPSA) is 75.2 Å². The van der Waals surface area contributed by atoms with Crippen LogP contribution >= 0.6 is 11.6 Å². The van der Waals surface area contributed by atoms with Crippen molar-refractivity contribution in [3.05, 3.63) is 17.0 Å². The van der Waals surface area contributed by atoms with Gasteiger partial charge in [0, 0.05) is 26.1 Å². The van der Waals surface area contributed by atoms with Crippen LogP contribution in [0.2, 0.25) is 5.15 Å². The molecule has 1 aromatic heterocycles. The Kier molecular flexibility index (Phi) is 4.31. The van der Waals surface area contributed by atoms with Gasteiger partial charge in [-0.15, -0.1) is 0 Å². The van der Waals surface area contributed by atoms with Gasteiger partial charge in [-0.3, -0.25) is 9.59 Å². The fourth-order valence-electron chi connectivity index (χ4n) is 2.28. The third-order valence-corrected chi connectivity index (χ3v) is 3.64. The van der Waals surface area contributed by atoms with Crippen LogP contribution in [-0.4, -0.2) is 42.3 Å². The average Bonchev–Trinajstić information content (AvgIpc) is 2.46. The van der Waals surface area contributed by atoms with Crippen molar-refractivity contribution >= 4 is 29.6 Å². The van der Waals surface area contributed by atoms with Gasteiger partial charge in [-0.25, -0.2) is 9.97 Å². The van der Waals surface area contributed by atoms with Gasteiger partial charge in [0.1, 0.15) is 17.3 Å². The van der Waals surface area contributed by atoms with E-state index >= 15 is 0 Å². The third kappa shape index (κ3) is 2.84. The first kappa shape index (κ1) is 13.7. The molecule has 1 amide bonds. The Hall–Kier alpha value is -1.69. The molecule has 1 aromatic rings. The van der Waals surface area contributed by atoms with Crippen molar-refractivity contribution in [1.29, 1.82) is 0 Å². The van der Waals surface area contributed by atoms with Gasteiger partial charge in [0.2, 0.25) is 5.91 Å². The number of rotatable bonds is 3. The lowest BCUT2D eigenvalue weighted by Gasteiger charge is -2.32. The van der Waals surface area contributed by atoms with E-state index < -0.39 is 0 Å². The van der Waals surface area contributed by atoms with Crippen LogP contribution in [0.1, 0.15) is 23.2 Å². The first-order valence-corrected chi connectivity index (χ1v) is 6.47. The summed E-state index contributed by atoms with van der Waals surface area (Å²) >= 11 is 5.88. The Morgan fingerprint density at radius 2 is 2.16 bits per heavy atom. The fourth-order valence-corrected chi connectivity index (χ4v) is 2.45. The monoisotopic (exact) mass is 282 g/mol. The van der Waals surface area contributed by atoms with E-state index in [4.69, 9.17) is 11.6 Å². The van der Waals surface area contributed by atoms with Crippen molar-refractivity contribution in [3.63, 3.8) is 0 Å². The van der Waals surface area contributed by atoms with Gasteiger partial charge >= 0.3 is 0 Å². The Labute approximate surface area is 116 Å². The number of nitrogens with zero attached hydrogens (tertiary/aromatic N) is 3. The molecule has 1 saturated heterocycles. The summed E-state index contributed by atoms with van der Waals surface area (Å²) in [6.07, 6.45) is 3.48. The van der Waals surface area contributed by atoms with Gasteiger partial charge < -0.3 is 10.2 Å². The summed E-state index contributed by atoms with van der Waals surface area (Å²) < 4.78 is 0. The van der Waals surface area contributed by atoms with Gasteiger partial charge in [0.25, 0.3) is 0 Å². The molecule has 0 unspecified atom stereocenters. The summed E-state index contributed by atoms with van der Waals surface area (Å²) in [5.74, 6) is 0.638. The largest absolute Gasteiger partial charge is 0.359 e. The molecule has 1 aliphatic rings. The molecule has 1 fully saturated rings. The Bertz CT molecular complexity index is 487. The highest BCUT2D eigenvalue weighted by Crippen LogP contribution is 2.26. The zero-order chi connectivity index (χ0) is 13.8. The normalized spacial score (nSPS) is 16.2. The van der Waals surface area contributed by atoms with E-state index in [0.717, 1.165) is 12.8 Å². The lowest BCUT2D eigenvalue weighted by molar-refractivity contribution is -0.125. The molecule has 0 aliphatic carbocycles. The maximum Gasteiger partial charge on any atom is 0.222 e. The van der Waals surface area contributed by atoms with Crippen molar-refractivity contribution in [2.75, 3.05) is 25.0 Å². The lowest BCUT2D eigenvalue weighted by Crippen LogP contribution is -2.40. The van der Waals surface area contributed by atoms with Gasteiger partial charge in [-0.2, -0.15) is 0 Å². The number of nitrogens with one attached hydrogen (secondary N) is 1. The van der Waals surface area contributed by atoms with E-state index in [1.165, 1.54) is 6.33 Å². The molecule has 0 aromatic carbocycles. The number of amides is 1. The van der Waals surface area contributed by atoms with Gasteiger partial charge in [-0.1, -0.05) is 11.6 Å². The van der Waals surface area contributed by atoms with Crippen molar-refractivity contribution in [3.8, 4) is 0 Å². The maximum absolute atomic E-state index is 11.6. The minimum atomic E-state index is 0.0261. The number of carbonyl (C=O) groups is 2. The van der Waals surface area contributed by atoms with Crippen LogP contribution in [-0.2, 0) is 4.79 Å². The SMILES string of the molecule is CNC(=O)C1CCN(c2ncnc(Cl)c2C=O)CC1. The molecule has 0 bridgehead atoms. The minimum absolute atomic E-state index is 0.0261. The van der Waals surface area contributed by atoms with Crippen LogP contribution in [0.3, 0.4) is 0 Å². The standard InChI is InChI=1S/C12H15ClN4O2/c1-14-12(19)8-2-4-17(5-3-8)11-9(6-18)10(13)15-7-16-11/h6-8H,2-5H2,1H3,(H,14,19). The number of anilines is 1. The Morgan fingerprint density at radius 1 is 1.47 bits per heavy atom. The zero-order valence-corrected chi connectivity index (χ0v) is 11.4.